The highest BCUT2D eigenvalue weighted by molar-refractivity contribution is 7.14. The summed E-state index contributed by atoms with van der Waals surface area (Å²) < 4.78 is 5.16. The second-order valence-corrected chi connectivity index (χ2v) is 6.69. The Hall–Kier alpha value is -2.70. The lowest BCUT2D eigenvalue weighted by Crippen LogP contribution is -2.30. The number of ether oxygens (including phenoxy) is 1. The predicted molar refractivity (Wildman–Crippen MR) is 106 cm³/mol. The minimum atomic E-state index is -0.108. The van der Waals surface area contributed by atoms with Crippen LogP contribution in [0.25, 0.3) is 11.3 Å². The van der Waals surface area contributed by atoms with Crippen LogP contribution in [0, 0.1) is 0 Å². The number of nitrogens with zero attached hydrogens (tertiary/aromatic N) is 1. The van der Waals surface area contributed by atoms with Gasteiger partial charge in [-0.3, -0.25) is 4.79 Å². The van der Waals surface area contributed by atoms with Crippen LogP contribution in [-0.4, -0.2) is 24.5 Å². The first-order chi connectivity index (χ1) is 12.7. The monoisotopic (exact) mass is 367 g/mol. The second-order valence-electron chi connectivity index (χ2n) is 5.83. The van der Waals surface area contributed by atoms with Gasteiger partial charge >= 0.3 is 0 Å². The molecule has 134 valence electrons. The molecule has 0 saturated carbocycles. The number of aromatic nitrogens is 1. The van der Waals surface area contributed by atoms with Crippen molar-refractivity contribution in [3.05, 3.63) is 65.5 Å². The van der Waals surface area contributed by atoms with E-state index in [1.54, 1.807) is 7.11 Å². The van der Waals surface area contributed by atoms with Crippen molar-refractivity contribution in [2.75, 3.05) is 19.0 Å². The Labute approximate surface area is 157 Å². The molecule has 0 radical (unpaired) electrons. The van der Waals surface area contributed by atoms with Crippen LogP contribution in [0.3, 0.4) is 0 Å². The van der Waals surface area contributed by atoms with Crippen LogP contribution >= 0.6 is 11.3 Å². The molecule has 3 aromatic rings. The summed E-state index contributed by atoms with van der Waals surface area (Å²) in [6.07, 6.45) is 0. The van der Waals surface area contributed by atoms with Gasteiger partial charge in [0.05, 0.1) is 19.3 Å². The highest BCUT2D eigenvalue weighted by Crippen LogP contribution is 2.26. The van der Waals surface area contributed by atoms with Gasteiger partial charge in [0.1, 0.15) is 5.75 Å². The Morgan fingerprint density at radius 1 is 1.15 bits per heavy atom. The molecule has 1 amide bonds. The maximum Gasteiger partial charge on any atom is 0.240 e. The highest BCUT2D eigenvalue weighted by atomic mass is 32.1. The number of nitrogens with one attached hydrogen (secondary N) is 2. The van der Waals surface area contributed by atoms with Crippen LogP contribution in [0.1, 0.15) is 18.5 Å². The lowest BCUT2D eigenvalue weighted by Gasteiger charge is -2.13. The van der Waals surface area contributed by atoms with E-state index in [2.05, 4.69) is 15.6 Å². The molecule has 1 aromatic heterocycles. The number of rotatable bonds is 7. The lowest BCUT2D eigenvalue weighted by atomic mass is 10.1. The van der Waals surface area contributed by atoms with Crippen molar-refractivity contribution in [1.29, 1.82) is 0 Å². The van der Waals surface area contributed by atoms with Crippen LogP contribution in [0.15, 0.2) is 60.0 Å². The number of anilines is 1. The molecule has 0 aliphatic carbocycles. The first-order valence-corrected chi connectivity index (χ1v) is 9.22. The normalized spacial score (nSPS) is 11.8. The number of carbonyl (C=O) groups excluding carboxylic acids is 1. The number of thiazole rings is 1. The predicted octanol–water partition coefficient (Wildman–Crippen LogP) is 4.11. The molecule has 0 spiro atoms. The van der Waals surface area contributed by atoms with Gasteiger partial charge in [0.15, 0.2) is 5.13 Å². The van der Waals surface area contributed by atoms with Crippen LogP contribution in [0.2, 0.25) is 0 Å². The number of benzene rings is 2. The number of hydrogen-bond acceptors (Lipinski definition) is 5. The van der Waals surface area contributed by atoms with Gasteiger partial charge in [0, 0.05) is 17.0 Å². The fraction of sp³-hybridized carbons (Fsp3) is 0.200. The molecule has 0 aliphatic rings. The van der Waals surface area contributed by atoms with Gasteiger partial charge in [0.25, 0.3) is 0 Å². The fourth-order valence-corrected chi connectivity index (χ4v) is 3.23. The molecule has 5 nitrogen and oxygen atoms in total. The van der Waals surface area contributed by atoms with Crippen LogP contribution < -0.4 is 15.4 Å². The SMILES string of the molecule is COc1ccc(-c2csc(NC(=O)CN[C@H](C)c3ccccc3)n2)cc1. The van der Waals surface area contributed by atoms with E-state index in [9.17, 15) is 4.79 Å². The van der Waals surface area contributed by atoms with Crippen LogP contribution in [0.5, 0.6) is 5.75 Å². The van der Waals surface area contributed by atoms with E-state index < -0.39 is 0 Å². The summed E-state index contributed by atoms with van der Waals surface area (Å²) in [5.74, 6) is 0.694. The first kappa shape index (κ1) is 18.1. The Morgan fingerprint density at radius 2 is 1.88 bits per heavy atom. The molecule has 6 heteroatoms. The van der Waals surface area contributed by atoms with Crippen molar-refractivity contribution in [3.8, 4) is 17.0 Å². The largest absolute Gasteiger partial charge is 0.497 e. The maximum absolute atomic E-state index is 12.2. The molecule has 3 rings (SSSR count). The summed E-state index contributed by atoms with van der Waals surface area (Å²) >= 11 is 1.41. The van der Waals surface area contributed by atoms with Gasteiger partial charge in [0.2, 0.25) is 5.91 Å². The van der Waals surface area contributed by atoms with E-state index in [1.165, 1.54) is 11.3 Å². The van der Waals surface area contributed by atoms with Gasteiger partial charge in [-0.2, -0.15) is 0 Å². The van der Waals surface area contributed by atoms with Gasteiger partial charge in [-0.15, -0.1) is 11.3 Å². The molecular formula is C20H21N3O2S. The second kappa shape index (κ2) is 8.60. The number of hydrogen-bond donors (Lipinski definition) is 2. The molecule has 1 atom stereocenters. The average molecular weight is 367 g/mol. The molecular weight excluding hydrogens is 346 g/mol. The lowest BCUT2D eigenvalue weighted by molar-refractivity contribution is -0.115. The molecule has 0 bridgehead atoms. The molecule has 0 aliphatic heterocycles. The van der Waals surface area contributed by atoms with Crippen LogP contribution in [0.4, 0.5) is 5.13 Å². The standard InChI is InChI=1S/C20H21N3O2S/c1-14(15-6-4-3-5-7-15)21-12-19(24)23-20-22-18(13-26-20)16-8-10-17(25-2)11-9-16/h3-11,13-14,21H,12H2,1-2H3,(H,22,23,24)/t14-/m1/s1. The summed E-state index contributed by atoms with van der Waals surface area (Å²) in [5.41, 5.74) is 2.97. The van der Waals surface area contributed by atoms with E-state index in [1.807, 2.05) is 66.9 Å². The third-order valence-corrected chi connectivity index (χ3v) is 4.76. The van der Waals surface area contributed by atoms with E-state index >= 15 is 0 Å². The minimum absolute atomic E-state index is 0.105. The average Bonchev–Trinajstić information content (AvgIpc) is 3.15. The van der Waals surface area contributed by atoms with E-state index in [0.717, 1.165) is 22.6 Å². The highest BCUT2D eigenvalue weighted by Gasteiger charge is 2.10. The van der Waals surface area contributed by atoms with Crippen LogP contribution in [-0.2, 0) is 4.79 Å². The third-order valence-electron chi connectivity index (χ3n) is 4.00. The topological polar surface area (TPSA) is 63.2 Å². The van der Waals surface area contributed by atoms with Gasteiger partial charge < -0.3 is 15.4 Å². The number of carbonyl (C=O) groups is 1. The quantitative estimate of drug-likeness (QED) is 0.660. The molecule has 2 aromatic carbocycles. The molecule has 26 heavy (non-hydrogen) atoms. The van der Waals surface area contributed by atoms with Crippen molar-refractivity contribution in [2.24, 2.45) is 0 Å². The summed E-state index contributed by atoms with van der Waals surface area (Å²) in [7, 11) is 1.64. The zero-order valence-corrected chi connectivity index (χ0v) is 15.5. The summed E-state index contributed by atoms with van der Waals surface area (Å²) in [4.78, 5) is 16.6. The van der Waals surface area contributed by atoms with Crippen molar-refractivity contribution < 1.29 is 9.53 Å². The fourth-order valence-electron chi connectivity index (χ4n) is 2.49. The molecule has 1 heterocycles. The number of amides is 1. The minimum Gasteiger partial charge on any atom is -0.497 e. The Bertz CT molecular complexity index is 847. The zero-order chi connectivity index (χ0) is 18.4. The molecule has 0 unspecified atom stereocenters. The van der Waals surface area contributed by atoms with Gasteiger partial charge in [-0.1, -0.05) is 30.3 Å². The van der Waals surface area contributed by atoms with E-state index in [4.69, 9.17) is 4.74 Å². The summed E-state index contributed by atoms with van der Waals surface area (Å²) in [6, 6.07) is 17.8. The van der Waals surface area contributed by atoms with E-state index in [0.29, 0.717) is 5.13 Å². The van der Waals surface area contributed by atoms with E-state index in [-0.39, 0.29) is 18.5 Å². The molecule has 0 fully saturated rings. The summed E-state index contributed by atoms with van der Waals surface area (Å²) in [5, 5.41) is 8.58. The third kappa shape index (κ3) is 4.68. The van der Waals surface area contributed by atoms with Crippen molar-refractivity contribution >= 4 is 22.4 Å². The Balaban J connectivity index is 1.54. The van der Waals surface area contributed by atoms with Crippen molar-refractivity contribution in [1.82, 2.24) is 10.3 Å². The molecule has 2 N–H and O–H groups in total. The number of methoxy groups -OCH3 is 1. The Kier molecular flexibility index (Phi) is 5.99. The zero-order valence-electron chi connectivity index (χ0n) is 14.7. The summed E-state index contributed by atoms with van der Waals surface area (Å²) in [6.45, 7) is 2.27. The maximum atomic E-state index is 12.2. The van der Waals surface area contributed by atoms with Gasteiger partial charge in [-0.25, -0.2) is 4.98 Å². The Morgan fingerprint density at radius 3 is 2.58 bits per heavy atom. The van der Waals surface area contributed by atoms with Gasteiger partial charge in [-0.05, 0) is 36.8 Å². The van der Waals surface area contributed by atoms with Crippen molar-refractivity contribution in [2.45, 2.75) is 13.0 Å². The van der Waals surface area contributed by atoms with Crippen molar-refractivity contribution in [3.63, 3.8) is 0 Å². The molecule has 0 saturated heterocycles. The first-order valence-electron chi connectivity index (χ1n) is 8.34. The smallest absolute Gasteiger partial charge is 0.240 e.